The average molecular weight is 271 g/mol. The van der Waals surface area contributed by atoms with Crippen LogP contribution in [0.4, 0.5) is 11.4 Å². The Morgan fingerprint density at radius 1 is 1.35 bits per heavy atom. The Labute approximate surface area is 117 Å². The van der Waals surface area contributed by atoms with Crippen molar-refractivity contribution >= 4 is 11.4 Å². The van der Waals surface area contributed by atoms with Gasteiger partial charge in [-0.25, -0.2) is 0 Å². The molecule has 5 heteroatoms. The zero-order valence-corrected chi connectivity index (χ0v) is 11.6. The van der Waals surface area contributed by atoms with Crippen molar-refractivity contribution in [2.75, 3.05) is 5.32 Å². The van der Waals surface area contributed by atoms with E-state index in [1.165, 1.54) is 6.07 Å². The van der Waals surface area contributed by atoms with E-state index in [1.807, 2.05) is 19.1 Å². The first kappa shape index (κ1) is 14.0. The van der Waals surface area contributed by atoms with Crippen LogP contribution in [0.25, 0.3) is 0 Å². The number of anilines is 1. The topological polar surface area (TPSA) is 68.1 Å². The Balaban J connectivity index is 2.22. The number of nitro benzene ring substituents is 1. The van der Waals surface area contributed by atoms with Crippen LogP contribution in [0.5, 0.6) is 0 Å². The van der Waals surface area contributed by atoms with Gasteiger partial charge in [0, 0.05) is 12.3 Å². The number of nitrogens with one attached hydrogen (secondary N) is 1. The van der Waals surface area contributed by atoms with Gasteiger partial charge in [-0.3, -0.25) is 15.1 Å². The minimum atomic E-state index is -0.374. The molecule has 0 saturated heterocycles. The molecule has 1 aromatic heterocycles. The van der Waals surface area contributed by atoms with Gasteiger partial charge in [0.1, 0.15) is 5.69 Å². The van der Waals surface area contributed by atoms with Gasteiger partial charge >= 0.3 is 0 Å². The predicted molar refractivity (Wildman–Crippen MR) is 78.8 cm³/mol. The molecule has 2 aromatic rings. The molecule has 1 aromatic carbocycles. The van der Waals surface area contributed by atoms with Crippen molar-refractivity contribution in [1.29, 1.82) is 0 Å². The quantitative estimate of drug-likeness (QED) is 0.667. The molecule has 20 heavy (non-hydrogen) atoms. The fourth-order valence-electron chi connectivity index (χ4n) is 2.08. The number of nitrogens with zero attached hydrogens (tertiary/aromatic N) is 2. The van der Waals surface area contributed by atoms with E-state index in [2.05, 4.69) is 17.2 Å². The van der Waals surface area contributed by atoms with E-state index in [9.17, 15) is 10.1 Å². The number of benzene rings is 1. The Kier molecular flexibility index (Phi) is 4.30. The Bertz CT molecular complexity index is 626. The number of hydrogen-bond donors (Lipinski definition) is 1. The molecule has 104 valence electrons. The summed E-state index contributed by atoms with van der Waals surface area (Å²) in [6, 6.07) is 8.97. The molecule has 0 amide bonds. The summed E-state index contributed by atoms with van der Waals surface area (Å²) in [4.78, 5) is 15.0. The highest BCUT2D eigenvalue weighted by molar-refractivity contribution is 5.62. The van der Waals surface area contributed by atoms with Crippen LogP contribution in [0.15, 0.2) is 36.5 Å². The normalized spacial score (nSPS) is 10.3. The summed E-state index contributed by atoms with van der Waals surface area (Å²) in [6.07, 6.45) is 2.63. The Morgan fingerprint density at radius 3 is 2.85 bits per heavy atom. The third-order valence-electron chi connectivity index (χ3n) is 3.16. The van der Waals surface area contributed by atoms with Gasteiger partial charge in [0.15, 0.2) is 0 Å². The summed E-state index contributed by atoms with van der Waals surface area (Å²) < 4.78 is 0. The molecule has 1 N–H and O–H groups in total. The first-order valence-electron chi connectivity index (χ1n) is 6.53. The lowest BCUT2D eigenvalue weighted by Gasteiger charge is -2.10. The molecule has 5 nitrogen and oxygen atoms in total. The molecule has 0 aliphatic rings. The molecule has 0 fully saturated rings. The fourth-order valence-corrected chi connectivity index (χ4v) is 2.08. The number of nitro groups is 1. The molecule has 0 radical (unpaired) electrons. The molecule has 0 bridgehead atoms. The lowest BCUT2D eigenvalue weighted by Crippen LogP contribution is -2.06. The highest BCUT2D eigenvalue weighted by Gasteiger charge is 2.13. The highest BCUT2D eigenvalue weighted by Crippen LogP contribution is 2.25. The van der Waals surface area contributed by atoms with E-state index in [0.717, 1.165) is 23.2 Å². The van der Waals surface area contributed by atoms with Crippen molar-refractivity contribution in [2.45, 2.75) is 26.8 Å². The summed E-state index contributed by atoms with van der Waals surface area (Å²) in [5, 5.41) is 14.1. The smallest absolute Gasteiger partial charge is 0.292 e. The second-order valence-electron chi connectivity index (χ2n) is 4.59. The van der Waals surface area contributed by atoms with Gasteiger partial charge < -0.3 is 5.32 Å². The minimum absolute atomic E-state index is 0.0876. The van der Waals surface area contributed by atoms with Crippen molar-refractivity contribution < 1.29 is 4.92 Å². The number of aryl methyl sites for hydroxylation is 2. The Hall–Kier alpha value is -2.43. The van der Waals surface area contributed by atoms with E-state index in [-0.39, 0.29) is 10.6 Å². The van der Waals surface area contributed by atoms with Crippen molar-refractivity contribution in [3.05, 3.63) is 63.5 Å². The van der Waals surface area contributed by atoms with E-state index >= 15 is 0 Å². The minimum Gasteiger partial charge on any atom is -0.374 e. The van der Waals surface area contributed by atoms with Crippen LogP contribution in [-0.4, -0.2) is 9.91 Å². The summed E-state index contributed by atoms with van der Waals surface area (Å²) in [5.74, 6) is 0. The second-order valence-corrected chi connectivity index (χ2v) is 4.59. The lowest BCUT2D eigenvalue weighted by molar-refractivity contribution is -0.384. The summed E-state index contributed by atoms with van der Waals surface area (Å²) in [7, 11) is 0. The lowest BCUT2D eigenvalue weighted by atomic mass is 10.1. The van der Waals surface area contributed by atoms with Crippen LogP contribution in [-0.2, 0) is 13.0 Å². The van der Waals surface area contributed by atoms with Crippen LogP contribution in [0.2, 0.25) is 0 Å². The zero-order chi connectivity index (χ0) is 14.5. The summed E-state index contributed by atoms with van der Waals surface area (Å²) >= 11 is 0. The number of rotatable bonds is 5. The SMILES string of the molecule is CCc1cccnc1CNc1cc(C)ccc1[N+](=O)[O-]. The summed E-state index contributed by atoms with van der Waals surface area (Å²) in [6.45, 7) is 4.46. The summed E-state index contributed by atoms with van der Waals surface area (Å²) in [5.41, 5.74) is 3.67. The van der Waals surface area contributed by atoms with E-state index in [1.54, 1.807) is 18.3 Å². The monoisotopic (exact) mass is 271 g/mol. The van der Waals surface area contributed by atoms with Gasteiger partial charge in [-0.15, -0.1) is 0 Å². The molecular formula is C15H17N3O2. The number of pyridine rings is 1. The van der Waals surface area contributed by atoms with Gasteiger partial charge in [0.25, 0.3) is 5.69 Å². The molecule has 0 atom stereocenters. The highest BCUT2D eigenvalue weighted by atomic mass is 16.6. The van der Waals surface area contributed by atoms with E-state index in [4.69, 9.17) is 0 Å². The van der Waals surface area contributed by atoms with Crippen LogP contribution in [0.3, 0.4) is 0 Å². The maximum absolute atomic E-state index is 11.0. The molecule has 0 saturated carbocycles. The van der Waals surface area contributed by atoms with E-state index in [0.29, 0.717) is 12.2 Å². The van der Waals surface area contributed by atoms with Crippen molar-refractivity contribution in [3.63, 3.8) is 0 Å². The number of hydrogen-bond acceptors (Lipinski definition) is 4. The van der Waals surface area contributed by atoms with Crippen LogP contribution in [0.1, 0.15) is 23.7 Å². The maximum Gasteiger partial charge on any atom is 0.292 e. The fraction of sp³-hybridized carbons (Fsp3) is 0.267. The van der Waals surface area contributed by atoms with Gasteiger partial charge in [-0.1, -0.05) is 19.1 Å². The van der Waals surface area contributed by atoms with Gasteiger partial charge in [0.2, 0.25) is 0 Å². The molecule has 1 heterocycles. The number of aromatic nitrogens is 1. The molecular weight excluding hydrogens is 254 g/mol. The van der Waals surface area contributed by atoms with Crippen LogP contribution >= 0.6 is 0 Å². The first-order chi connectivity index (χ1) is 9.61. The zero-order valence-electron chi connectivity index (χ0n) is 11.6. The third kappa shape index (κ3) is 3.12. The van der Waals surface area contributed by atoms with Crippen LogP contribution < -0.4 is 5.32 Å². The second kappa shape index (κ2) is 6.14. The average Bonchev–Trinajstić information content (AvgIpc) is 2.45. The molecule has 0 aliphatic heterocycles. The van der Waals surface area contributed by atoms with Gasteiger partial charge in [-0.05, 0) is 36.6 Å². The van der Waals surface area contributed by atoms with Crippen molar-refractivity contribution in [1.82, 2.24) is 4.98 Å². The van der Waals surface area contributed by atoms with Crippen molar-refractivity contribution in [2.24, 2.45) is 0 Å². The predicted octanol–water partition coefficient (Wildman–Crippen LogP) is 3.47. The maximum atomic E-state index is 11.0. The molecule has 0 aliphatic carbocycles. The molecule has 2 rings (SSSR count). The van der Waals surface area contributed by atoms with E-state index < -0.39 is 0 Å². The first-order valence-corrected chi connectivity index (χ1v) is 6.53. The van der Waals surface area contributed by atoms with Gasteiger partial charge in [-0.2, -0.15) is 0 Å². The standard InChI is InChI=1S/C15H17N3O2/c1-3-12-5-4-8-16-14(12)10-17-13-9-11(2)6-7-15(13)18(19)20/h4-9,17H,3,10H2,1-2H3. The van der Waals surface area contributed by atoms with Crippen molar-refractivity contribution in [3.8, 4) is 0 Å². The van der Waals surface area contributed by atoms with Crippen LogP contribution in [0, 0.1) is 17.0 Å². The third-order valence-corrected chi connectivity index (χ3v) is 3.16. The molecule has 0 unspecified atom stereocenters. The Morgan fingerprint density at radius 2 is 2.15 bits per heavy atom. The largest absolute Gasteiger partial charge is 0.374 e. The molecule has 0 spiro atoms. The van der Waals surface area contributed by atoms with Gasteiger partial charge in [0.05, 0.1) is 17.2 Å².